The lowest BCUT2D eigenvalue weighted by Gasteiger charge is -2.27. The molecule has 1 saturated heterocycles. The molecule has 10 heteroatoms. The van der Waals surface area contributed by atoms with Gasteiger partial charge in [-0.05, 0) is 49.4 Å². The minimum absolute atomic E-state index is 0.0889. The predicted octanol–water partition coefficient (Wildman–Crippen LogP) is 4.69. The molecule has 0 unspecified atom stereocenters. The van der Waals surface area contributed by atoms with Gasteiger partial charge in [0.25, 0.3) is 0 Å². The summed E-state index contributed by atoms with van der Waals surface area (Å²) in [5, 5.41) is 14.5. The summed E-state index contributed by atoms with van der Waals surface area (Å²) in [6.07, 6.45) is 0. The number of hydrogen-bond acceptors (Lipinski definition) is 7. The number of nitrogens with one attached hydrogen (secondary N) is 2. The molecule has 0 spiro atoms. The van der Waals surface area contributed by atoms with Crippen molar-refractivity contribution in [2.75, 3.05) is 41.8 Å². The molecule has 1 aromatic heterocycles. The zero-order chi connectivity index (χ0) is 26.5. The summed E-state index contributed by atoms with van der Waals surface area (Å²) in [5.74, 6) is 0.643. The first-order valence-corrected chi connectivity index (χ1v) is 12.1. The molecule has 192 valence electrons. The Hall–Kier alpha value is -4.83. The van der Waals surface area contributed by atoms with Gasteiger partial charge in [0.15, 0.2) is 11.6 Å². The summed E-state index contributed by atoms with van der Waals surface area (Å²) in [6.45, 7) is 4.66. The van der Waals surface area contributed by atoms with E-state index in [0.717, 1.165) is 16.7 Å². The second-order valence-electron chi connectivity index (χ2n) is 8.79. The van der Waals surface area contributed by atoms with Gasteiger partial charge < -0.3 is 25.4 Å². The molecule has 1 aliphatic rings. The highest BCUT2D eigenvalue weighted by Crippen LogP contribution is 2.25. The number of carbonyl (C=O) groups is 2. The summed E-state index contributed by atoms with van der Waals surface area (Å²) in [7, 11) is 0. The third-order valence-corrected chi connectivity index (χ3v) is 6.00. The normalized spacial score (nSPS) is 13.1. The van der Waals surface area contributed by atoms with Crippen LogP contribution in [0.2, 0.25) is 0 Å². The number of rotatable bonds is 6. The van der Waals surface area contributed by atoms with Gasteiger partial charge in [-0.1, -0.05) is 35.9 Å². The van der Waals surface area contributed by atoms with Crippen LogP contribution in [0.3, 0.4) is 0 Å². The molecular formula is C28H26N6O4. The van der Waals surface area contributed by atoms with E-state index in [4.69, 9.17) is 24.8 Å². The smallest absolute Gasteiger partial charge is 0.335 e. The van der Waals surface area contributed by atoms with E-state index in [1.165, 1.54) is 12.1 Å². The summed E-state index contributed by atoms with van der Waals surface area (Å²) < 4.78 is 5.48. The average molecular weight is 511 g/mol. The number of anilines is 3. The SMILES string of the molecule is Cc1ccc(-c2nc(-c3ccc(NC(=O)Nc4cccc(C(=O)O)c4)cc3)nc(N3CCOCC3)n2)cc1. The minimum atomic E-state index is -1.06. The maximum atomic E-state index is 12.4. The minimum Gasteiger partial charge on any atom is -0.478 e. The lowest BCUT2D eigenvalue weighted by atomic mass is 10.1. The number of morpholine rings is 1. The van der Waals surface area contributed by atoms with Gasteiger partial charge in [-0.2, -0.15) is 9.97 Å². The highest BCUT2D eigenvalue weighted by Gasteiger charge is 2.18. The van der Waals surface area contributed by atoms with Crippen LogP contribution in [0.25, 0.3) is 22.8 Å². The van der Waals surface area contributed by atoms with E-state index in [1.807, 2.05) is 43.3 Å². The number of nitrogens with zero attached hydrogens (tertiary/aromatic N) is 4. The van der Waals surface area contributed by atoms with Crippen molar-refractivity contribution in [2.24, 2.45) is 0 Å². The van der Waals surface area contributed by atoms with Crippen LogP contribution < -0.4 is 15.5 Å². The molecule has 2 amide bonds. The molecular weight excluding hydrogens is 484 g/mol. The fraction of sp³-hybridized carbons (Fsp3) is 0.179. The van der Waals surface area contributed by atoms with Crippen LogP contribution in [0.5, 0.6) is 0 Å². The largest absolute Gasteiger partial charge is 0.478 e. The van der Waals surface area contributed by atoms with E-state index in [2.05, 4.69) is 15.5 Å². The van der Waals surface area contributed by atoms with Crippen molar-refractivity contribution in [3.63, 3.8) is 0 Å². The lowest BCUT2D eigenvalue weighted by molar-refractivity contribution is 0.0697. The van der Waals surface area contributed by atoms with Crippen molar-refractivity contribution in [2.45, 2.75) is 6.92 Å². The zero-order valence-electron chi connectivity index (χ0n) is 20.7. The van der Waals surface area contributed by atoms with Gasteiger partial charge in [-0.3, -0.25) is 0 Å². The summed E-state index contributed by atoms with van der Waals surface area (Å²) in [4.78, 5) is 39.9. The molecule has 1 fully saturated rings. The number of carbonyl (C=O) groups excluding carboxylic acids is 1. The van der Waals surface area contributed by atoms with Crippen LogP contribution in [-0.2, 0) is 4.74 Å². The topological polar surface area (TPSA) is 130 Å². The van der Waals surface area contributed by atoms with Crippen LogP contribution in [-0.4, -0.2) is 58.4 Å². The van der Waals surface area contributed by atoms with Crippen LogP contribution in [0.1, 0.15) is 15.9 Å². The number of hydrogen-bond donors (Lipinski definition) is 3. The third kappa shape index (κ3) is 5.93. The van der Waals surface area contributed by atoms with Gasteiger partial charge in [-0.25, -0.2) is 14.6 Å². The highest BCUT2D eigenvalue weighted by atomic mass is 16.5. The van der Waals surface area contributed by atoms with Gasteiger partial charge in [0.2, 0.25) is 5.95 Å². The monoisotopic (exact) mass is 510 g/mol. The summed E-state index contributed by atoms with van der Waals surface area (Å²) >= 11 is 0. The van der Waals surface area contributed by atoms with Crippen molar-refractivity contribution in [1.29, 1.82) is 0 Å². The molecule has 4 aromatic rings. The van der Waals surface area contributed by atoms with Crippen molar-refractivity contribution in [1.82, 2.24) is 15.0 Å². The molecule has 2 heterocycles. The predicted molar refractivity (Wildman–Crippen MR) is 145 cm³/mol. The molecule has 0 radical (unpaired) electrons. The first kappa shape index (κ1) is 24.8. The van der Waals surface area contributed by atoms with E-state index < -0.39 is 12.0 Å². The Kier molecular flexibility index (Phi) is 7.23. The number of aromatic carboxylic acids is 1. The molecule has 3 N–H and O–H groups in total. The summed E-state index contributed by atoms with van der Waals surface area (Å²) in [6, 6.07) is 20.8. The second kappa shape index (κ2) is 11.1. The third-order valence-electron chi connectivity index (χ3n) is 6.00. The maximum absolute atomic E-state index is 12.4. The van der Waals surface area contributed by atoms with Crippen molar-refractivity contribution in [3.8, 4) is 22.8 Å². The number of benzene rings is 3. The maximum Gasteiger partial charge on any atom is 0.335 e. The number of urea groups is 1. The Morgan fingerprint density at radius 1 is 0.816 bits per heavy atom. The van der Waals surface area contributed by atoms with Crippen molar-refractivity contribution in [3.05, 3.63) is 83.9 Å². The van der Waals surface area contributed by atoms with Crippen LogP contribution >= 0.6 is 0 Å². The average Bonchev–Trinajstić information content (AvgIpc) is 2.94. The molecule has 0 saturated carbocycles. The molecule has 38 heavy (non-hydrogen) atoms. The first-order valence-electron chi connectivity index (χ1n) is 12.1. The summed E-state index contributed by atoms with van der Waals surface area (Å²) in [5.41, 5.74) is 3.85. The molecule has 0 aliphatic carbocycles. The van der Waals surface area contributed by atoms with E-state index >= 15 is 0 Å². The van der Waals surface area contributed by atoms with Crippen LogP contribution in [0.4, 0.5) is 22.1 Å². The fourth-order valence-corrected chi connectivity index (χ4v) is 3.96. The quantitative estimate of drug-likeness (QED) is 0.341. The van der Waals surface area contributed by atoms with Crippen molar-refractivity contribution >= 4 is 29.3 Å². The molecule has 10 nitrogen and oxygen atoms in total. The first-order chi connectivity index (χ1) is 18.4. The highest BCUT2D eigenvalue weighted by molar-refractivity contribution is 6.00. The van der Waals surface area contributed by atoms with Gasteiger partial charge in [0.05, 0.1) is 18.8 Å². The number of carboxylic acid groups (broad SMARTS) is 1. The van der Waals surface area contributed by atoms with E-state index in [-0.39, 0.29) is 5.56 Å². The Balaban J connectivity index is 1.36. The second-order valence-corrected chi connectivity index (χ2v) is 8.79. The van der Waals surface area contributed by atoms with Crippen LogP contribution in [0, 0.1) is 6.92 Å². The Morgan fingerprint density at radius 3 is 2.05 bits per heavy atom. The molecule has 5 rings (SSSR count). The Morgan fingerprint density at radius 2 is 1.42 bits per heavy atom. The van der Waals surface area contributed by atoms with E-state index in [1.54, 1.807) is 24.3 Å². The Bertz CT molecular complexity index is 1450. The Labute approximate surface area is 219 Å². The fourth-order valence-electron chi connectivity index (χ4n) is 3.96. The number of carboxylic acids is 1. The molecule has 0 atom stereocenters. The zero-order valence-corrected chi connectivity index (χ0v) is 20.7. The van der Waals surface area contributed by atoms with Gasteiger partial charge in [0.1, 0.15) is 0 Å². The number of ether oxygens (including phenoxy) is 1. The molecule has 1 aliphatic heterocycles. The van der Waals surface area contributed by atoms with Crippen molar-refractivity contribution < 1.29 is 19.4 Å². The molecule has 0 bridgehead atoms. The van der Waals surface area contributed by atoms with E-state index in [9.17, 15) is 9.59 Å². The number of aromatic nitrogens is 3. The van der Waals surface area contributed by atoms with Gasteiger partial charge >= 0.3 is 12.0 Å². The van der Waals surface area contributed by atoms with Gasteiger partial charge in [-0.15, -0.1) is 0 Å². The number of aryl methyl sites for hydroxylation is 1. The molecule has 3 aromatic carbocycles. The standard InChI is InChI=1S/C28H26N6O4/c1-18-5-7-19(8-6-18)24-31-25(33-27(32-24)34-13-15-38-16-14-34)20-9-11-22(12-10-20)29-28(37)30-23-4-2-3-21(17-23)26(35)36/h2-12,17H,13-16H2,1H3,(H,35,36)(H2,29,30,37). The number of amides is 2. The van der Waals surface area contributed by atoms with Crippen LogP contribution in [0.15, 0.2) is 72.8 Å². The van der Waals surface area contributed by atoms with Gasteiger partial charge in [0, 0.05) is 35.6 Å². The van der Waals surface area contributed by atoms with E-state index in [0.29, 0.717) is 55.3 Å². The lowest BCUT2D eigenvalue weighted by Crippen LogP contribution is -2.37.